The van der Waals surface area contributed by atoms with Crippen LogP contribution >= 0.6 is 15.9 Å². The molecule has 1 fully saturated rings. The molecular formula is C13H24BrNO. The van der Waals surface area contributed by atoms with Crippen LogP contribution in [0.2, 0.25) is 0 Å². The zero-order chi connectivity index (χ0) is 12.0. The molecule has 94 valence electrons. The molecule has 0 aromatic heterocycles. The summed E-state index contributed by atoms with van der Waals surface area (Å²) in [4.78, 5) is 12.2. The molecule has 1 aliphatic rings. The van der Waals surface area contributed by atoms with E-state index < -0.39 is 0 Å². The van der Waals surface area contributed by atoms with Gasteiger partial charge in [0.15, 0.2) is 0 Å². The fraction of sp³-hybridized carbons (Fsp3) is 0.923. The van der Waals surface area contributed by atoms with Gasteiger partial charge in [-0.05, 0) is 43.9 Å². The predicted molar refractivity (Wildman–Crippen MR) is 71.8 cm³/mol. The second-order valence-electron chi connectivity index (χ2n) is 5.35. The van der Waals surface area contributed by atoms with Crippen LogP contribution in [0, 0.1) is 11.8 Å². The van der Waals surface area contributed by atoms with Crippen molar-refractivity contribution in [2.75, 3.05) is 6.54 Å². The van der Waals surface area contributed by atoms with E-state index in [2.05, 4.69) is 35.1 Å². The first-order valence-electron chi connectivity index (χ1n) is 6.48. The predicted octanol–water partition coefficient (Wildman–Crippen LogP) is 3.49. The molecule has 0 saturated heterocycles. The van der Waals surface area contributed by atoms with Crippen molar-refractivity contribution in [1.29, 1.82) is 0 Å². The summed E-state index contributed by atoms with van der Waals surface area (Å²) >= 11 is 3.65. The molecule has 1 N–H and O–H groups in total. The highest BCUT2D eigenvalue weighted by Gasteiger charge is 2.19. The summed E-state index contributed by atoms with van der Waals surface area (Å²) in [6.07, 6.45) is 6.70. The van der Waals surface area contributed by atoms with Crippen molar-refractivity contribution in [3.8, 4) is 0 Å². The van der Waals surface area contributed by atoms with E-state index in [4.69, 9.17) is 0 Å². The smallest absolute Gasteiger partial charge is 0.220 e. The van der Waals surface area contributed by atoms with Gasteiger partial charge >= 0.3 is 0 Å². The first-order valence-corrected chi connectivity index (χ1v) is 7.40. The van der Waals surface area contributed by atoms with E-state index in [-0.39, 0.29) is 5.91 Å². The molecule has 0 aromatic carbocycles. The Morgan fingerprint density at radius 2 is 1.94 bits per heavy atom. The van der Waals surface area contributed by atoms with Crippen molar-refractivity contribution >= 4 is 21.8 Å². The Morgan fingerprint density at radius 3 is 2.50 bits per heavy atom. The summed E-state index contributed by atoms with van der Waals surface area (Å²) in [7, 11) is 0. The van der Waals surface area contributed by atoms with E-state index in [1.54, 1.807) is 0 Å². The lowest BCUT2D eigenvalue weighted by molar-refractivity contribution is -0.121. The fourth-order valence-corrected chi connectivity index (χ4v) is 2.62. The van der Waals surface area contributed by atoms with Crippen molar-refractivity contribution in [2.45, 2.75) is 57.2 Å². The molecule has 3 heteroatoms. The quantitative estimate of drug-likeness (QED) is 0.772. The van der Waals surface area contributed by atoms with Crippen molar-refractivity contribution in [3.63, 3.8) is 0 Å². The largest absolute Gasteiger partial charge is 0.356 e. The lowest BCUT2D eigenvalue weighted by Gasteiger charge is -2.25. The van der Waals surface area contributed by atoms with Gasteiger partial charge in [-0.1, -0.05) is 29.8 Å². The normalized spacial score (nSPS) is 25.8. The molecule has 1 saturated carbocycles. The number of halogens is 1. The molecule has 0 bridgehead atoms. The number of carbonyl (C=O) groups is 1. The van der Waals surface area contributed by atoms with Gasteiger partial charge in [0.2, 0.25) is 5.91 Å². The van der Waals surface area contributed by atoms with Gasteiger partial charge in [0.25, 0.3) is 0 Å². The van der Waals surface area contributed by atoms with Gasteiger partial charge in [0.05, 0.1) is 0 Å². The molecule has 2 nitrogen and oxygen atoms in total. The van der Waals surface area contributed by atoms with Gasteiger partial charge in [-0.25, -0.2) is 0 Å². The van der Waals surface area contributed by atoms with E-state index >= 15 is 0 Å². The Balaban J connectivity index is 2.07. The number of alkyl halides is 1. The summed E-state index contributed by atoms with van der Waals surface area (Å²) in [5, 5.41) is 3.07. The molecule has 0 aliphatic heterocycles. The van der Waals surface area contributed by atoms with Crippen LogP contribution in [0.3, 0.4) is 0 Å². The number of nitrogens with one attached hydrogen (secondary N) is 1. The highest BCUT2D eigenvalue weighted by Crippen LogP contribution is 2.28. The molecule has 1 amide bonds. The Hall–Kier alpha value is -0.0500. The zero-order valence-electron chi connectivity index (χ0n) is 10.5. The van der Waals surface area contributed by atoms with Crippen LogP contribution in [0.5, 0.6) is 0 Å². The summed E-state index contributed by atoms with van der Waals surface area (Å²) in [5.74, 6) is 1.56. The molecule has 1 aliphatic carbocycles. The summed E-state index contributed by atoms with van der Waals surface area (Å²) in [6, 6.07) is 0. The van der Waals surface area contributed by atoms with Crippen LogP contribution in [0.4, 0.5) is 0 Å². The van der Waals surface area contributed by atoms with E-state index in [0.29, 0.717) is 23.1 Å². The van der Waals surface area contributed by atoms with Crippen LogP contribution in [0.25, 0.3) is 0 Å². The number of hydrogen-bond donors (Lipinski definition) is 1. The maximum absolute atomic E-state index is 11.5. The van der Waals surface area contributed by atoms with Gasteiger partial charge < -0.3 is 5.32 Å². The summed E-state index contributed by atoms with van der Waals surface area (Å²) in [6.45, 7) is 5.20. The van der Waals surface area contributed by atoms with Gasteiger partial charge in [0.1, 0.15) is 0 Å². The molecule has 0 heterocycles. The average molecular weight is 290 g/mol. The molecule has 0 unspecified atom stereocenters. The third kappa shape index (κ3) is 5.88. The number of amides is 1. The van der Waals surface area contributed by atoms with E-state index in [1.165, 1.54) is 25.7 Å². The highest BCUT2D eigenvalue weighted by molar-refractivity contribution is 9.09. The topological polar surface area (TPSA) is 29.1 Å². The SMILES string of the molecule is CC(C)CCC(=O)NCC1CCC(Br)CC1. The van der Waals surface area contributed by atoms with E-state index in [0.717, 1.165) is 13.0 Å². The minimum atomic E-state index is 0.231. The first-order chi connectivity index (χ1) is 7.58. The van der Waals surface area contributed by atoms with Crippen LogP contribution in [0.15, 0.2) is 0 Å². The Bertz CT molecular complexity index is 210. The van der Waals surface area contributed by atoms with Gasteiger partial charge in [-0.3, -0.25) is 4.79 Å². The minimum absolute atomic E-state index is 0.231. The van der Waals surface area contributed by atoms with Gasteiger partial charge in [-0.15, -0.1) is 0 Å². The second kappa shape index (κ2) is 7.31. The van der Waals surface area contributed by atoms with Crippen LogP contribution in [-0.2, 0) is 4.79 Å². The lowest BCUT2D eigenvalue weighted by atomic mass is 9.89. The minimum Gasteiger partial charge on any atom is -0.356 e. The Morgan fingerprint density at radius 1 is 1.31 bits per heavy atom. The third-order valence-corrected chi connectivity index (χ3v) is 4.23. The maximum Gasteiger partial charge on any atom is 0.220 e. The number of carbonyl (C=O) groups excluding carboxylic acids is 1. The van der Waals surface area contributed by atoms with E-state index in [9.17, 15) is 4.79 Å². The van der Waals surface area contributed by atoms with Crippen molar-refractivity contribution in [1.82, 2.24) is 5.32 Å². The van der Waals surface area contributed by atoms with Crippen LogP contribution in [-0.4, -0.2) is 17.3 Å². The Labute approximate surface area is 108 Å². The lowest BCUT2D eigenvalue weighted by Crippen LogP contribution is -2.31. The second-order valence-corrected chi connectivity index (χ2v) is 6.65. The molecular weight excluding hydrogens is 266 g/mol. The molecule has 0 spiro atoms. The first kappa shape index (κ1) is 14.0. The molecule has 0 aromatic rings. The number of rotatable bonds is 5. The standard InChI is InChI=1S/C13H24BrNO/c1-10(2)3-8-13(16)15-9-11-4-6-12(14)7-5-11/h10-12H,3-9H2,1-2H3,(H,15,16). The van der Waals surface area contributed by atoms with Gasteiger partial charge in [0, 0.05) is 17.8 Å². The molecule has 16 heavy (non-hydrogen) atoms. The zero-order valence-corrected chi connectivity index (χ0v) is 12.1. The third-order valence-electron chi connectivity index (χ3n) is 3.31. The van der Waals surface area contributed by atoms with Crippen LogP contribution in [0.1, 0.15) is 52.4 Å². The molecule has 0 atom stereocenters. The van der Waals surface area contributed by atoms with Crippen molar-refractivity contribution < 1.29 is 4.79 Å². The summed E-state index contributed by atoms with van der Waals surface area (Å²) in [5.41, 5.74) is 0. The molecule has 0 radical (unpaired) electrons. The maximum atomic E-state index is 11.5. The Kier molecular flexibility index (Phi) is 6.40. The van der Waals surface area contributed by atoms with Crippen molar-refractivity contribution in [3.05, 3.63) is 0 Å². The molecule has 1 rings (SSSR count). The average Bonchev–Trinajstić information content (AvgIpc) is 2.25. The van der Waals surface area contributed by atoms with Crippen molar-refractivity contribution in [2.24, 2.45) is 11.8 Å². The van der Waals surface area contributed by atoms with Crippen LogP contribution < -0.4 is 5.32 Å². The highest BCUT2D eigenvalue weighted by atomic mass is 79.9. The fourth-order valence-electron chi connectivity index (χ4n) is 2.09. The monoisotopic (exact) mass is 289 g/mol. The number of hydrogen-bond acceptors (Lipinski definition) is 1. The van der Waals surface area contributed by atoms with E-state index in [1.807, 2.05) is 0 Å². The van der Waals surface area contributed by atoms with Gasteiger partial charge in [-0.2, -0.15) is 0 Å². The summed E-state index contributed by atoms with van der Waals surface area (Å²) < 4.78 is 0.